The van der Waals surface area contributed by atoms with E-state index in [1.807, 2.05) is 0 Å². The van der Waals surface area contributed by atoms with Gasteiger partial charge in [0.2, 0.25) is 0 Å². The van der Waals surface area contributed by atoms with Crippen molar-refractivity contribution in [2.24, 2.45) is 0 Å². The van der Waals surface area contributed by atoms with Gasteiger partial charge in [0.05, 0.1) is 12.2 Å². The molecule has 0 spiro atoms. The van der Waals surface area contributed by atoms with Crippen LogP contribution in [0.5, 0.6) is 0 Å². The molecule has 2 fully saturated rings. The van der Waals surface area contributed by atoms with Gasteiger partial charge < -0.3 is 10.1 Å². The zero-order valence-electron chi connectivity index (χ0n) is 8.86. The fraction of sp³-hybridized carbons (Fsp3) is 0.538. The monoisotopic (exact) mass is 203 g/mol. The Morgan fingerprint density at radius 3 is 2.87 bits per heavy atom. The van der Waals surface area contributed by atoms with Gasteiger partial charge in [-0.1, -0.05) is 30.3 Å². The van der Waals surface area contributed by atoms with Crippen LogP contribution in [0.25, 0.3) is 0 Å². The first-order chi connectivity index (χ1) is 7.43. The van der Waals surface area contributed by atoms with Gasteiger partial charge in [-0.2, -0.15) is 0 Å². The van der Waals surface area contributed by atoms with E-state index in [0.717, 1.165) is 13.0 Å². The maximum atomic E-state index is 6.09. The van der Waals surface area contributed by atoms with Crippen LogP contribution in [0.2, 0.25) is 0 Å². The highest BCUT2D eigenvalue weighted by molar-refractivity contribution is 5.19. The molecular weight excluding hydrogens is 186 g/mol. The fourth-order valence-corrected chi connectivity index (χ4v) is 2.70. The molecule has 0 amide bonds. The van der Waals surface area contributed by atoms with Gasteiger partial charge in [0.25, 0.3) is 0 Å². The highest BCUT2D eigenvalue weighted by Gasteiger charge is 2.36. The molecule has 2 heterocycles. The van der Waals surface area contributed by atoms with E-state index in [4.69, 9.17) is 4.74 Å². The minimum absolute atomic E-state index is 0.312. The molecule has 2 aliphatic heterocycles. The Morgan fingerprint density at radius 1 is 1.20 bits per heavy atom. The molecule has 3 rings (SSSR count). The van der Waals surface area contributed by atoms with Gasteiger partial charge in [0, 0.05) is 6.04 Å². The Kier molecular flexibility index (Phi) is 2.47. The second-order valence-corrected chi connectivity index (χ2v) is 4.51. The molecule has 1 aromatic rings. The Morgan fingerprint density at radius 2 is 2.07 bits per heavy atom. The maximum Gasteiger partial charge on any atom is 0.0845 e. The predicted molar refractivity (Wildman–Crippen MR) is 59.7 cm³/mol. The van der Waals surface area contributed by atoms with Crippen molar-refractivity contribution in [2.45, 2.75) is 37.5 Å². The maximum absolute atomic E-state index is 6.09. The lowest BCUT2D eigenvalue weighted by Crippen LogP contribution is -2.41. The van der Waals surface area contributed by atoms with Crippen molar-refractivity contribution in [1.82, 2.24) is 5.32 Å². The lowest BCUT2D eigenvalue weighted by Gasteiger charge is -2.24. The Hall–Kier alpha value is -0.860. The first-order valence-corrected chi connectivity index (χ1v) is 5.87. The van der Waals surface area contributed by atoms with E-state index < -0.39 is 0 Å². The van der Waals surface area contributed by atoms with E-state index in [1.54, 1.807) is 0 Å². The number of benzene rings is 1. The number of rotatable bonds is 1. The quantitative estimate of drug-likeness (QED) is 0.756. The highest BCUT2D eigenvalue weighted by Crippen LogP contribution is 2.35. The first-order valence-electron chi connectivity index (χ1n) is 5.87. The lowest BCUT2D eigenvalue weighted by atomic mass is 9.98. The molecule has 0 unspecified atom stereocenters. The van der Waals surface area contributed by atoms with Crippen LogP contribution in [0, 0.1) is 0 Å². The van der Waals surface area contributed by atoms with Crippen LogP contribution >= 0.6 is 0 Å². The van der Waals surface area contributed by atoms with Crippen molar-refractivity contribution in [3.8, 4) is 0 Å². The summed E-state index contributed by atoms with van der Waals surface area (Å²) in [6.07, 6.45) is 4.37. The van der Waals surface area contributed by atoms with Gasteiger partial charge in [-0.05, 0) is 31.4 Å². The molecule has 2 saturated heterocycles. The first kappa shape index (κ1) is 9.37. The molecule has 0 saturated carbocycles. The molecule has 2 heteroatoms. The topological polar surface area (TPSA) is 21.3 Å². The van der Waals surface area contributed by atoms with Crippen molar-refractivity contribution in [2.75, 3.05) is 6.54 Å². The third-order valence-corrected chi connectivity index (χ3v) is 3.50. The van der Waals surface area contributed by atoms with E-state index >= 15 is 0 Å². The zero-order chi connectivity index (χ0) is 10.1. The molecule has 1 N–H and O–H groups in total. The predicted octanol–water partition coefficient (Wildman–Crippen LogP) is 2.27. The largest absolute Gasteiger partial charge is 0.369 e. The van der Waals surface area contributed by atoms with Crippen molar-refractivity contribution in [3.05, 3.63) is 35.9 Å². The average Bonchev–Trinajstić information content (AvgIpc) is 2.74. The van der Waals surface area contributed by atoms with Gasteiger partial charge in [-0.3, -0.25) is 0 Å². The van der Waals surface area contributed by atoms with E-state index in [0.29, 0.717) is 18.2 Å². The van der Waals surface area contributed by atoms with E-state index in [9.17, 15) is 0 Å². The second kappa shape index (κ2) is 3.95. The summed E-state index contributed by atoms with van der Waals surface area (Å²) < 4.78 is 6.09. The summed E-state index contributed by atoms with van der Waals surface area (Å²) in [5, 5.41) is 3.56. The summed E-state index contributed by atoms with van der Waals surface area (Å²) in [4.78, 5) is 0. The molecular formula is C13H17NO. The third kappa shape index (κ3) is 1.80. The number of hydrogen-bond acceptors (Lipinski definition) is 2. The van der Waals surface area contributed by atoms with Crippen LogP contribution in [0.15, 0.2) is 30.3 Å². The molecule has 0 aromatic heterocycles. The summed E-state index contributed by atoms with van der Waals surface area (Å²) in [7, 11) is 0. The van der Waals surface area contributed by atoms with Gasteiger partial charge in [-0.25, -0.2) is 0 Å². The minimum atomic E-state index is 0.312. The molecule has 2 nitrogen and oxygen atoms in total. The average molecular weight is 203 g/mol. The molecule has 80 valence electrons. The normalized spacial score (nSPS) is 35.1. The molecule has 1 aromatic carbocycles. The molecule has 15 heavy (non-hydrogen) atoms. The number of hydrogen-bond donors (Lipinski definition) is 1. The highest BCUT2D eigenvalue weighted by atomic mass is 16.5. The SMILES string of the molecule is c1ccc([C@@H]2C[C@H]3NCCC[C@H]3O2)cc1. The Labute approximate surface area is 90.6 Å². The second-order valence-electron chi connectivity index (χ2n) is 4.51. The van der Waals surface area contributed by atoms with Crippen LogP contribution in [-0.4, -0.2) is 18.7 Å². The number of fused-ring (bicyclic) bond motifs is 1. The van der Waals surface area contributed by atoms with E-state index in [1.165, 1.54) is 18.4 Å². The van der Waals surface area contributed by atoms with Gasteiger partial charge in [-0.15, -0.1) is 0 Å². The number of nitrogens with one attached hydrogen (secondary N) is 1. The van der Waals surface area contributed by atoms with Crippen LogP contribution in [0.1, 0.15) is 30.9 Å². The molecule has 3 atom stereocenters. The fourth-order valence-electron chi connectivity index (χ4n) is 2.70. The summed E-state index contributed by atoms with van der Waals surface area (Å²) in [6, 6.07) is 11.2. The van der Waals surface area contributed by atoms with E-state index in [-0.39, 0.29) is 0 Å². The van der Waals surface area contributed by atoms with Crippen molar-refractivity contribution in [1.29, 1.82) is 0 Å². The summed E-state index contributed by atoms with van der Waals surface area (Å²) in [5.41, 5.74) is 1.33. The van der Waals surface area contributed by atoms with Gasteiger partial charge in [0.1, 0.15) is 0 Å². The standard InChI is InChI=1S/C13H17NO/c1-2-5-10(6-3-1)13-9-11-12(15-13)7-4-8-14-11/h1-3,5-6,11-14H,4,7-9H2/t11-,12-,13+/m1/s1. The summed E-state index contributed by atoms with van der Waals surface area (Å²) >= 11 is 0. The molecule has 0 radical (unpaired) electrons. The van der Waals surface area contributed by atoms with Crippen molar-refractivity contribution >= 4 is 0 Å². The van der Waals surface area contributed by atoms with Crippen molar-refractivity contribution in [3.63, 3.8) is 0 Å². The van der Waals surface area contributed by atoms with Crippen LogP contribution < -0.4 is 5.32 Å². The van der Waals surface area contributed by atoms with Gasteiger partial charge in [0.15, 0.2) is 0 Å². The van der Waals surface area contributed by atoms with Crippen LogP contribution in [0.3, 0.4) is 0 Å². The summed E-state index contributed by atoms with van der Waals surface area (Å²) in [6.45, 7) is 1.16. The third-order valence-electron chi connectivity index (χ3n) is 3.50. The van der Waals surface area contributed by atoms with Crippen molar-refractivity contribution < 1.29 is 4.74 Å². The van der Waals surface area contributed by atoms with Gasteiger partial charge >= 0.3 is 0 Å². The lowest BCUT2D eigenvalue weighted by molar-refractivity contribution is 0.0259. The molecule has 2 aliphatic rings. The smallest absolute Gasteiger partial charge is 0.0845 e. The Balaban J connectivity index is 1.75. The zero-order valence-corrected chi connectivity index (χ0v) is 8.86. The van der Waals surface area contributed by atoms with Crippen LogP contribution in [0.4, 0.5) is 0 Å². The number of ether oxygens (including phenoxy) is 1. The number of piperidine rings is 1. The molecule has 0 aliphatic carbocycles. The minimum Gasteiger partial charge on any atom is -0.369 e. The summed E-state index contributed by atoms with van der Waals surface area (Å²) in [5.74, 6) is 0. The molecule has 0 bridgehead atoms. The van der Waals surface area contributed by atoms with E-state index in [2.05, 4.69) is 35.6 Å². The van der Waals surface area contributed by atoms with Crippen LogP contribution in [-0.2, 0) is 4.74 Å². The Bertz CT molecular complexity index is 311.